The molecule has 0 saturated heterocycles. The molecule has 104 valence electrons. The van der Waals surface area contributed by atoms with Crippen LogP contribution < -0.4 is 15.6 Å². The summed E-state index contributed by atoms with van der Waals surface area (Å²) in [4.78, 5) is 11.1. The molecule has 0 aliphatic carbocycles. The molecule has 0 unspecified atom stereocenters. The molecule has 0 spiro atoms. The van der Waals surface area contributed by atoms with Crippen LogP contribution in [0, 0.1) is 0 Å². The van der Waals surface area contributed by atoms with Crippen LogP contribution in [0.1, 0.15) is 5.56 Å². The van der Waals surface area contributed by atoms with E-state index in [2.05, 4.69) is 20.2 Å². The van der Waals surface area contributed by atoms with Gasteiger partial charge in [0.1, 0.15) is 0 Å². The van der Waals surface area contributed by atoms with Crippen molar-refractivity contribution in [2.75, 3.05) is 16.6 Å². The first-order chi connectivity index (χ1) is 9.54. The molecule has 20 heavy (non-hydrogen) atoms. The quantitative estimate of drug-likeness (QED) is 0.766. The number of hydrogen-bond donors (Lipinski definition) is 3. The fourth-order valence-corrected chi connectivity index (χ4v) is 3.10. The van der Waals surface area contributed by atoms with Crippen molar-refractivity contribution < 1.29 is 8.42 Å². The summed E-state index contributed by atoms with van der Waals surface area (Å²) in [5.41, 5.74) is 1.55. The number of hydrogen-bond acceptors (Lipinski definition) is 5. The molecule has 1 aromatic heterocycles. The van der Waals surface area contributed by atoms with Gasteiger partial charge in [0, 0.05) is 18.3 Å². The number of aromatic amines is 1. The highest BCUT2D eigenvalue weighted by molar-refractivity contribution is 7.92. The number of rotatable bonds is 3. The molecule has 0 fully saturated rings. The minimum Gasteiger partial charge on any atom is -0.384 e. The van der Waals surface area contributed by atoms with E-state index in [1.807, 2.05) is 0 Å². The molecule has 0 saturated carbocycles. The molecule has 0 radical (unpaired) electrons. The van der Waals surface area contributed by atoms with Gasteiger partial charge in [-0.2, -0.15) is 5.10 Å². The van der Waals surface area contributed by atoms with Crippen LogP contribution in [-0.4, -0.2) is 25.2 Å². The van der Waals surface area contributed by atoms with Gasteiger partial charge in [-0.25, -0.2) is 13.5 Å². The molecule has 0 atom stereocenters. The molecule has 3 rings (SSSR count). The second kappa shape index (κ2) is 4.64. The number of sulfonamides is 1. The first kappa shape index (κ1) is 12.7. The standard InChI is InChI=1S/C12H12N4O3S/c17-12-4-3-11(14-15-12)16-20(18,19)9-1-2-10-8(7-9)5-6-13-10/h1-4,7,13H,5-6H2,(H,14,16)(H,15,17). The van der Waals surface area contributed by atoms with Crippen LogP contribution in [-0.2, 0) is 16.4 Å². The number of nitrogens with one attached hydrogen (secondary N) is 3. The van der Waals surface area contributed by atoms with Crippen molar-refractivity contribution in [3.05, 3.63) is 46.2 Å². The average molecular weight is 292 g/mol. The Hall–Kier alpha value is -2.35. The van der Waals surface area contributed by atoms with Crippen LogP contribution in [0.4, 0.5) is 11.5 Å². The van der Waals surface area contributed by atoms with Crippen LogP contribution >= 0.6 is 0 Å². The van der Waals surface area contributed by atoms with Crippen LogP contribution in [0.15, 0.2) is 40.0 Å². The van der Waals surface area contributed by atoms with E-state index in [0.29, 0.717) is 0 Å². The van der Waals surface area contributed by atoms with Crippen LogP contribution in [0.3, 0.4) is 0 Å². The van der Waals surface area contributed by atoms with Gasteiger partial charge in [-0.3, -0.25) is 9.52 Å². The third-order valence-electron chi connectivity index (χ3n) is 3.01. The van der Waals surface area contributed by atoms with Gasteiger partial charge in [-0.15, -0.1) is 0 Å². The summed E-state index contributed by atoms with van der Waals surface area (Å²) < 4.78 is 26.8. The topological polar surface area (TPSA) is 104 Å². The van der Waals surface area contributed by atoms with Crippen LogP contribution in [0.2, 0.25) is 0 Å². The van der Waals surface area contributed by atoms with Crippen LogP contribution in [0.25, 0.3) is 0 Å². The van der Waals surface area contributed by atoms with E-state index in [9.17, 15) is 13.2 Å². The van der Waals surface area contributed by atoms with Gasteiger partial charge in [0.05, 0.1) is 4.90 Å². The van der Waals surface area contributed by atoms with Gasteiger partial charge in [-0.1, -0.05) is 0 Å². The Kier molecular flexibility index (Phi) is 2.94. The van der Waals surface area contributed by atoms with Crippen molar-refractivity contribution in [3.63, 3.8) is 0 Å². The van der Waals surface area contributed by atoms with Crippen molar-refractivity contribution in [2.24, 2.45) is 0 Å². The number of fused-ring (bicyclic) bond motifs is 1. The van der Waals surface area contributed by atoms with Gasteiger partial charge in [0.25, 0.3) is 15.6 Å². The zero-order valence-corrected chi connectivity index (χ0v) is 11.2. The number of benzene rings is 1. The predicted octanol–water partition coefficient (Wildman–Crippen LogP) is 0.539. The third kappa shape index (κ3) is 2.37. The van der Waals surface area contributed by atoms with Crippen molar-refractivity contribution in [2.45, 2.75) is 11.3 Å². The highest BCUT2D eigenvalue weighted by Gasteiger charge is 2.18. The average Bonchev–Trinajstić information content (AvgIpc) is 2.88. The first-order valence-corrected chi connectivity index (χ1v) is 7.48. The zero-order valence-electron chi connectivity index (χ0n) is 10.4. The molecule has 7 nitrogen and oxygen atoms in total. The van der Waals surface area contributed by atoms with Gasteiger partial charge in [-0.05, 0) is 36.2 Å². The van der Waals surface area contributed by atoms with E-state index < -0.39 is 15.6 Å². The number of aromatic nitrogens is 2. The van der Waals surface area contributed by atoms with Crippen molar-refractivity contribution in [3.8, 4) is 0 Å². The third-order valence-corrected chi connectivity index (χ3v) is 4.37. The van der Waals surface area contributed by atoms with Gasteiger partial charge < -0.3 is 5.32 Å². The minimum absolute atomic E-state index is 0.0724. The lowest BCUT2D eigenvalue weighted by molar-refractivity contribution is 0.601. The molecule has 0 amide bonds. The van der Waals surface area contributed by atoms with E-state index in [-0.39, 0.29) is 10.7 Å². The van der Waals surface area contributed by atoms with E-state index in [1.165, 1.54) is 18.2 Å². The fraction of sp³-hybridized carbons (Fsp3) is 0.167. The van der Waals surface area contributed by atoms with E-state index >= 15 is 0 Å². The van der Waals surface area contributed by atoms with E-state index in [4.69, 9.17) is 0 Å². The maximum atomic E-state index is 12.2. The summed E-state index contributed by atoms with van der Waals surface area (Å²) in [5, 5.41) is 8.96. The molecule has 1 aliphatic heterocycles. The molecular weight excluding hydrogens is 280 g/mol. The van der Waals surface area contributed by atoms with Gasteiger partial charge >= 0.3 is 0 Å². The molecule has 2 aromatic rings. The largest absolute Gasteiger partial charge is 0.384 e. The van der Waals surface area contributed by atoms with Gasteiger partial charge in [0.2, 0.25) is 0 Å². The molecule has 8 heteroatoms. The molecule has 1 aliphatic rings. The molecule has 1 aromatic carbocycles. The summed E-state index contributed by atoms with van der Waals surface area (Å²) >= 11 is 0. The molecule has 3 N–H and O–H groups in total. The summed E-state index contributed by atoms with van der Waals surface area (Å²) in [6.07, 6.45) is 0.801. The predicted molar refractivity (Wildman–Crippen MR) is 74.3 cm³/mol. The molecular formula is C12H12N4O3S. The first-order valence-electron chi connectivity index (χ1n) is 6.00. The fourth-order valence-electron chi connectivity index (χ4n) is 2.05. The van der Waals surface area contributed by atoms with E-state index in [0.717, 1.165) is 24.2 Å². The van der Waals surface area contributed by atoms with Crippen molar-refractivity contribution >= 4 is 21.5 Å². The maximum absolute atomic E-state index is 12.2. The number of anilines is 2. The molecule has 2 heterocycles. The Balaban J connectivity index is 1.92. The minimum atomic E-state index is -3.71. The lowest BCUT2D eigenvalue weighted by Gasteiger charge is -2.08. The monoisotopic (exact) mass is 292 g/mol. The SMILES string of the molecule is O=c1ccc(NS(=O)(=O)c2ccc3c(c2)CCN3)n[nH]1. The second-order valence-electron chi connectivity index (χ2n) is 4.41. The number of H-pyrrole nitrogens is 1. The molecule has 0 bridgehead atoms. The number of nitrogens with zero attached hydrogens (tertiary/aromatic N) is 1. The normalized spacial score (nSPS) is 13.6. The summed E-state index contributed by atoms with van der Waals surface area (Å²) in [6.45, 7) is 0.813. The zero-order chi connectivity index (χ0) is 14.2. The second-order valence-corrected chi connectivity index (χ2v) is 6.09. The Morgan fingerprint density at radius 2 is 2.05 bits per heavy atom. The highest BCUT2D eigenvalue weighted by Crippen LogP contribution is 2.25. The van der Waals surface area contributed by atoms with Crippen molar-refractivity contribution in [1.82, 2.24) is 10.2 Å². The smallest absolute Gasteiger partial charge is 0.264 e. The van der Waals surface area contributed by atoms with Gasteiger partial charge in [0.15, 0.2) is 5.82 Å². The Labute approximate surface area is 115 Å². The van der Waals surface area contributed by atoms with Crippen molar-refractivity contribution in [1.29, 1.82) is 0 Å². The maximum Gasteiger partial charge on any atom is 0.264 e. The Bertz CT molecular complexity index is 793. The van der Waals surface area contributed by atoms with Crippen LogP contribution in [0.5, 0.6) is 0 Å². The summed E-state index contributed by atoms with van der Waals surface area (Å²) in [5.74, 6) is 0.0724. The summed E-state index contributed by atoms with van der Waals surface area (Å²) in [6, 6.07) is 7.44. The van der Waals surface area contributed by atoms with E-state index in [1.54, 1.807) is 12.1 Å². The lowest BCUT2D eigenvalue weighted by Crippen LogP contribution is -2.16. The summed E-state index contributed by atoms with van der Waals surface area (Å²) in [7, 11) is -3.71. The lowest BCUT2D eigenvalue weighted by atomic mass is 10.2. The highest BCUT2D eigenvalue weighted by atomic mass is 32.2. The Morgan fingerprint density at radius 1 is 1.20 bits per heavy atom. The Morgan fingerprint density at radius 3 is 2.80 bits per heavy atom.